The quantitative estimate of drug-likeness (QED) is 0.872. The van der Waals surface area contributed by atoms with Crippen LogP contribution in [0.5, 0.6) is 0 Å². The Morgan fingerprint density at radius 2 is 1.90 bits per heavy atom. The van der Waals surface area contributed by atoms with Gasteiger partial charge in [0.05, 0.1) is 12.6 Å². The van der Waals surface area contributed by atoms with E-state index in [1.807, 2.05) is 58.0 Å². The average Bonchev–Trinajstić information content (AvgIpc) is 2.42. The Labute approximate surface area is 127 Å². The molecule has 1 N–H and O–H groups in total. The highest BCUT2D eigenvalue weighted by Crippen LogP contribution is 2.17. The van der Waals surface area contributed by atoms with Crippen molar-refractivity contribution in [2.24, 2.45) is 0 Å². The lowest BCUT2D eigenvalue weighted by Gasteiger charge is -2.32. The van der Waals surface area contributed by atoms with Crippen molar-refractivity contribution in [1.82, 2.24) is 4.90 Å². The highest BCUT2D eigenvalue weighted by Gasteiger charge is 2.27. The van der Waals surface area contributed by atoms with Gasteiger partial charge in [0.2, 0.25) is 0 Å². The number of benzene rings is 1. The second-order valence-electron chi connectivity index (χ2n) is 6.22. The molecule has 1 rings (SSSR count). The van der Waals surface area contributed by atoms with E-state index in [0.29, 0.717) is 6.54 Å². The number of aliphatic hydroxyl groups excluding tert-OH is 1. The molecule has 21 heavy (non-hydrogen) atoms. The Balaban J connectivity index is 2.90. The van der Waals surface area contributed by atoms with Crippen molar-refractivity contribution in [3.63, 3.8) is 0 Å². The van der Waals surface area contributed by atoms with Crippen LogP contribution in [0.25, 0.3) is 0 Å². The zero-order valence-electron chi connectivity index (χ0n) is 13.5. The SMILES string of the molecule is CCC[C@@H](CO)N(Cc1ccccc1)C(=O)OC(C)(C)C. The molecule has 0 fully saturated rings. The van der Waals surface area contributed by atoms with E-state index in [2.05, 4.69) is 0 Å². The van der Waals surface area contributed by atoms with Crippen LogP contribution in [0.3, 0.4) is 0 Å². The molecule has 0 aliphatic rings. The third-order valence-electron chi connectivity index (χ3n) is 3.10. The molecule has 0 aliphatic heterocycles. The number of ether oxygens (including phenoxy) is 1. The topological polar surface area (TPSA) is 49.8 Å². The maximum absolute atomic E-state index is 12.4. The number of carbonyl (C=O) groups is 1. The van der Waals surface area contributed by atoms with Gasteiger partial charge in [-0.2, -0.15) is 0 Å². The molecule has 1 amide bonds. The smallest absolute Gasteiger partial charge is 0.410 e. The Bertz CT molecular complexity index is 425. The lowest BCUT2D eigenvalue weighted by molar-refractivity contribution is 0.00566. The Kier molecular flexibility index (Phi) is 6.69. The van der Waals surface area contributed by atoms with Crippen LogP contribution in [0.15, 0.2) is 30.3 Å². The lowest BCUT2D eigenvalue weighted by atomic mass is 10.1. The van der Waals surface area contributed by atoms with E-state index >= 15 is 0 Å². The first-order valence-electron chi connectivity index (χ1n) is 7.51. The molecule has 118 valence electrons. The number of carbonyl (C=O) groups excluding carboxylic acids is 1. The molecule has 4 heteroatoms. The Morgan fingerprint density at radius 3 is 2.38 bits per heavy atom. The molecule has 4 nitrogen and oxygen atoms in total. The normalized spacial score (nSPS) is 12.8. The van der Waals surface area contributed by atoms with E-state index in [9.17, 15) is 9.90 Å². The summed E-state index contributed by atoms with van der Waals surface area (Å²) in [6, 6.07) is 9.55. The van der Waals surface area contributed by atoms with Gasteiger partial charge in [-0.1, -0.05) is 43.7 Å². The summed E-state index contributed by atoms with van der Waals surface area (Å²) in [7, 11) is 0. The third kappa shape index (κ3) is 6.17. The van der Waals surface area contributed by atoms with Gasteiger partial charge in [-0.15, -0.1) is 0 Å². The van der Waals surface area contributed by atoms with Crippen molar-refractivity contribution in [3.8, 4) is 0 Å². The summed E-state index contributed by atoms with van der Waals surface area (Å²) in [5.74, 6) is 0. The van der Waals surface area contributed by atoms with Crippen molar-refractivity contribution in [2.75, 3.05) is 6.61 Å². The minimum absolute atomic E-state index is 0.0556. The molecular formula is C17H27NO3. The van der Waals surface area contributed by atoms with E-state index < -0.39 is 5.60 Å². The maximum atomic E-state index is 12.4. The zero-order chi connectivity index (χ0) is 15.9. The molecule has 0 aliphatic carbocycles. The highest BCUT2D eigenvalue weighted by molar-refractivity contribution is 5.68. The lowest BCUT2D eigenvalue weighted by Crippen LogP contribution is -2.44. The third-order valence-corrected chi connectivity index (χ3v) is 3.10. The van der Waals surface area contributed by atoms with E-state index in [1.54, 1.807) is 4.90 Å². The van der Waals surface area contributed by atoms with Crippen LogP contribution in [0.2, 0.25) is 0 Å². The molecule has 0 bridgehead atoms. The summed E-state index contributed by atoms with van der Waals surface area (Å²) in [6.45, 7) is 7.97. The minimum Gasteiger partial charge on any atom is -0.444 e. The van der Waals surface area contributed by atoms with E-state index in [1.165, 1.54) is 0 Å². The van der Waals surface area contributed by atoms with Crippen LogP contribution in [-0.4, -0.2) is 34.3 Å². The van der Waals surface area contributed by atoms with E-state index in [-0.39, 0.29) is 18.7 Å². The van der Waals surface area contributed by atoms with Crippen LogP contribution in [0.4, 0.5) is 4.79 Å². The summed E-state index contributed by atoms with van der Waals surface area (Å²) >= 11 is 0. The average molecular weight is 293 g/mol. The summed E-state index contributed by atoms with van der Waals surface area (Å²) in [5.41, 5.74) is 0.482. The van der Waals surface area contributed by atoms with Gasteiger partial charge in [-0.3, -0.25) is 4.90 Å². The number of rotatable bonds is 6. The molecule has 1 atom stereocenters. The summed E-state index contributed by atoms with van der Waals surface area (Å²) in [5, 5.41) is 9.60. The summed E-state index contributed by atoms with van der Waals surface area (Å²) in [4.78, 5) is 14.1. The monoisotopic (exact) mass is 293 g/mol. The summed E-state index contributed by atoms with van der Waals surface area (Å²) < 4.78 is 5.48. The van der Waals surface area contributed by atoms with Crippen molar-refractivity contribution in [1.29, 1.82) is 0 Å². The fourth-order valence-electron chi connectivity index (χ4n) is 2.12. The fourth-order valence-corrected chi connectivity index (χ4v) is 2.12. The number of nitrogens with zero attached hydrogens (tertiary/aromatic N) is 1. The molecule has 0 saturated carbocycles. The predicted octanol–water partition coefficient (Wildman–Crippen LogP) is 3.58. The number of hydrogen-bond acceptors (Lipinski definition) is 3. The highest BCUT2D eigenvalue weighted by atomic mass is 16.6. The second-order valence-corrected chi connectivity index (χ2v) is 6.22. The molecular weight excluding hydrogens is 266 g/mol. The van der Waals surface area contributed by atoms with Gasteiger partial charge in [0, 0.05) is 6.54 Å². The van der Waals surface area contributed by atoms with Gasteiger partial charge < -0.3 is 9.84 Å². The molecule has 0 radical (unpaired) electrons. The van der Waals surface area contributed by atoms with Crippen LogP contribution < -0.4 is 0 Å². The maximum Gasteiger partial charge on any atom is 0.410 e. The van der Waals surface area contributed by atoms with Gasteiger partial charge in [0.15, 0.2) is 0 Å². The standard InChI is InChI=1S/C17H27NO3/c1-5-9-15(13-19)18(16(20)21-17(2,3)4)12-14-10-7-6-8-11-14/h6-8,10-11,15,19H,5,9,12-13H2,1-4H3/t15-/m0/s1. The largest absolute Gasteiger partial charge is 0.444 e. The Morgan fingerprint density at radius 1 is 1.29 bits per heavy atom. The van der Waals surface area contributed by atoms with Crippen LogP contribution >= 0.6 is 0 Å². The van der Waals surface area contributed by atoms with Crippen molar-refractivity contribution in [2.45, 2.75) is 58.7 Å². The first-order valence-corrected chi connectivity index (χ1v) is 7.51. The van der Waals surface area contributed by atoms with E-state index in [0.717, 1.165) is 18.4 Å². The molecule has 0 unspecified atom stereocenters. The fraction of sp³-hybridized carbons (Fsp3) is 0.588. The minimum atomic E-state index is -0.543. The molecule has 1 aromatic carbocycles. The number of hydrogen-bond donors (Lipinski definition) is 1. The van der Waals surface area contributed by atoms with Crippen LogP contribution in [-0.2, 0) is 11.3 Å². The van der Waals surface area contributed by atoms with Gasteiger partial charge in [0.25, 0.3) is 0 Å². The van der Waals surface area contributed by atoms with Gasteiger partial charge >= 0.3 is 6.09 Å². The number of aliphatic hydroxyl groups is 1. The van der Waals surface area contributed by atoms with Crippen LogP contribution in [0, 0.1) is 0 Å². The molecule has 1 aromatic rings. The number of amides is 1. The zero-order valence-corrected chi connectivity index (χ0v) is 13.5. The molecule has 0 aromatic heterocycles. The van der Waals surface area contributed by atoms with Gasteiger partial charge in [-0.25, -0.2) is 4.79 Å². The Hall–Kier alpha value is -1.55. The second kappa shape index (κ2) is 8.03. The summed E-state index contributed by atoms with van der Waals surface area (Å²) in [6.07, 6.45) is 1.28. The van der Waals surface area contributed by atoms with Gasteiger partial charge in [-0.05, 0) is 32.8 Å². The molecule has 0 saturated heterocycles. The first-order chi connectivity index (χ1) is 9.87. The van der Waals surface area contributed by atoms with Crippen molar-refractivity contribution < 1.29 is 14.6 Å². The van der Waals surface area contributed by atoms with Crippen LogP contribution in [0.1, 0.15) is 46.1 Å². The van der Waals surface area contributed by atoms with Crippen molar-refractivity contribution in [3.05, 3.63) is 35.9 Å². The van der Waals surface area contributed by atoms with E-state index in [4.69, 9.17) is 4.74 Å². The van der Waals surface area contributed by atoms with Gasteiger partial charge in [0.1, 0.15) is 5.60 Å². The first kappa shape index (κ1) is 17.5. The van der Waals surface area contributed by atoms with Crippen molar-refractivity contribution >= 4 is 6.09 Å². The predicted molar refractivity (Wildman–Crippen MR) is 84.0 cm³/mol. The molecule has 0 heterocycles. The molecule has 0 spiro atoms.